The minimum absolute atomic E-state index is 0.0199. The Morgan fingerprint density at radius 1 is 1.06 bits per heavy atom. The third-order valence-corrected chi connectivity index (χ3v) is 7.12. The van der Waals surface area contributed by atoms with Crippen LogP contribution in [0.15, 0.2) is 30.5 Å². The number of aromatic nitrogens is 1. The van der Waals surface area contributed by atoms with E-state index >= 15 is 0 Å². The molecule has 1 aromatic heterocycles. The summed E-state index contributed by atoms with van der Waals surface area (Å²) in [5, 5.41) is 0.779. The van der Waals surface area contributed by atoms with Crippen LogP contribution in [-0.4, -0.2) is 73.2 Å². The summed E-state index contributed by atoms with van der Waals surface area (Å²) >= 11 is 6.01. The van der Waals surface area contributed by atoms with Crippen LogP contribution in [0.1, 0.15) is 47.5 Å². The second-order valence-electron chi connectivity index (χ2n) is 8.82. The van der Waals surface area contributed by atoms with Gasteiger partial charge in [-0.1, -0.05) is 11.6 Å². The highest BCUT2D eigenvalue weighted by atomic mass is 35.5. The molecule has 1 fully saturated rings. The number of amides is 1. The number of rotatable bonds is 7. The highest BCUT2D eigenvalue weighted by molar-refractivity contribution is 6.30. The fourth-order valence-corrected chi connectivity index (χ4v) is 5.20. The van der Waals surface area contributed by atoms with Crippen LogP contribution >= 0.6 is 11.6 Å². The van der Waals surface area contributed by atoms with Crippen LogP contribution < -0.4 is 4.90 Å². The molecule has 0 spiro atoms. The number of nitrogens with zero attached hydrogens (tertiary/aromatic N) is 4. The molecule has 1 saturated heterocycles. The monoisotopic (exact) mass is 458 g/mol. The molecule has 4 rings (SSSR count). The first kappa shape index (κ1) is 23.1. The molecule has 1 atom stereocenters. The van der Waals surface area contributed by atoms with E-state index < -0.39 is 0 Å². The lowest BCUT2D eigenvalue weighted by Gasteiger charge is -2.36. The van der Waals surface area contributed by atoms with Gasteiger partial charge in [-0.3, -0.25) is 9.69 Å². The maximum Gasteiger partial charge on any atom is 0.256 e. The quantitative estimate of drug-likeness (QED) is 0.623. The summed E-state index contributed by atoms with van der Waals surface area (Å²) in [6.07, 6.45) is 3.91. The summed E-state index contributed by atoms with van der Waals surface area (Å²) in [4.78, 5) is 20.3. The molecule has 1 amide bonds. The third kappa shape index (κ3) is 4.82. The lowest BCUT2D eigenvalue weighted by atomic mass is 10.1. The van der Waals surface area contributed by atoms with Gasteiger partial charge in [-0.25, -0.2) is 0 Å². The predicted octanol–water partition coefficient (Wildman–Crippen LogP) is 4.22. The molecule has 0 aliphatic carbocycles. The summed E-state index contributed by atoms with van der Waals surface area (Å²) in [6, 6.07) is 8.10. The Labute approximate surface area is 196 Å². The van der Waals surface area contributed by atoms with Gasteiger partial charge in [0.15, 0.2) is 0 Å². The predicted molar refractivity (Wildman–Crippen MR) is 130 cm³/mol. The minimum atomic E-state index is -0.0199. The lowest BCUT2D eigenvalue weighted by molar-refractivity contribution is 0.0687. The molecule has 6 nitrogen and oxygen atoms in total. The van der Waals surface area contributed by atoms with Gasteiger partial charge in [-0.05, 0) is 63.1 Å². The molecule has 2 aliphatic heterocycles. The number of methoxy groups -OCH3 is 1. The zero-order chi connectivity index (χ0) is 22.7. The number of hydrogen-bond acceptors (Lipinski definition) is 4. The number of piperazine rings is 1. The molecule has 2 aromatic rings. The summed E-state index contributed by atoms with van der Waals surface area (Å²) < 4.78 is 7.96. The molecule has 2 aliphatic rings. The summed E-state index contributed by atoms with van der Waals surface area (Å²) in [7, 11) is 1.75. The van der Waals surface area contributed by atoms with Crippen LogP contribution in [0.3, 0.4) is 0 Å². The normalized spacial score (nSPS) is 19.9. The number of carbonyl (C=O) groups is 1. The standard InChI is InChI=1S/C25H35ClN4O2/c1-4-28-18-19(2)23-24(28)22(32-3)10-13-30(25(23)31)12-5-11-27-14-16-29(17-15-27)21-8-6-20(26)7-9-21/h6-9,18,22H,4-5,10-17H2,1-3H3. The Morgan fingerprint density at radius 2 is 1.78 bits per heavy atom. The molecule has 1 unspecified atom stereocenters. The Morgan fingerprint density at radius 3 is 2.44 bits per heavy atom. The van der Waals surface area contributed by atoms with E-state index in [4.69, 9.17) is 16.3 Å². The fraction of sp³-hybridized carbons (Fsp3) is 0.560. The smallest absolute Gasteiger partial charge is 0.256 e. The van der Waals surface area contributed by atoms with Crippen molar-refractivity contribution in [3.63, 3.8) is 0 Å². The Balaban J connectivity index is 1.31. The fourth-order valence-electron chi connectivity index (χ4n) is 5.08. The maximum atomic E-state index is 13.4. The minimum Gasteiger partial charge on any atom is -0.375 e. The number of benzene rings is 1. The van der Waals surface area contributed by atoms with Gasteiger partial charge in [0, 0.05) is 69.8 Å². The van der Waals surface area contributed by atoms with Crippen molar-refractivity contribution >= 4 is 23.2 Å². The van der Waals surface area contributed by atoms with E-state index in [0.29, 0.717) is 0 Å². The van der Waals surface area contributed by atoms with E-state index in [1.54, 1.807) is 7.11 Å². The van der Waals surface area contributed by atoms with Gasteiger partial charge in [-0.2, -0.15) is 0 Å². The van der Waals surface area contributed by atoms with Crippen molar-refractivity contribution in [1.82, 2.24) is 14.4 Å². The molecule has 0 N–H and O–H groups in total. The second-order valence-corrected chi connectivity index (χ2v) is 9.26. The highest BCUT2D eigenvalue weighted by Gasteiger charge is 2.32. The molecule has 174 valence electrons. The van der Waals surface area contributed by atoms with Crippen molar-refractivity contribution in [1.29, 1.82) is 0 Å². The Kier molecular flexibility index (Phi) is 7.44. The van der Waals surface area contributed by atoms with Gasteiger partial charge in [-0.15, -0.1) is 0 Å². The lowest BCUT2D eigenvalue weighted by Crippen LogP contribution is -2.47. The molecule has 3 heterocycles. The number of fused-ring (bicyclic) bond motifs is 1. The van der Waals surface area contributed by atoms with Crippen molar-refractivity contribution in [3.8, 4) is 0 Å². The van der Waals surface area contributed by atoms with Crippen LogP contribution in [0.25, 0.3) is 0 Å². The van der Waals surface area contributed by atoms with E-state index in [-0.39, 0.29) is 12.0 Å². The number of anilines is 1. The van der Waals surface area contributed by atoms with E-state index in [9.17, 15) is 4.79 Å². The van der Waals surface area contributed by atoms with Crippen molar-refractivity contribution < 1.29 is 9.53 Å². The van der Waals surface area contributed by atoms with Crippen LogP contribution in [0, 0.1) is 6.92 Å². The average Bonchev–Trinajstić information content (AvgIpc) is 3.07. The van der Waals surface area contributed by atoms with Crippen LogP contribution in [0.4, 0.5) is 5.69 Å². The zero-order valence-corrected chi connectivity index (χ0v) is 20.3. The molecular weight excluding hydrogens is 424 g/mol. The number of halogens is 1. The first-order valence-electron chi connectivity index (χ1n) is 11.8. The Bertz CT molecular complexity index is 919. The van der Waals surface area contributed by atoms with E-state index in [2.05, 4.69) is 39.6 Å². The van der Waals surface area contributed by atoms with Gasteiger partial charge >= 0.3 is 0 Å². The molecule has 1 aromatic carbocycles. The van der Waals surface area contributed by atoms with Gasteiger partial charge in [0.1, 0.15) is 0 Å². The van der Waals surface area contributed by atoms with Crippen molar-refractivity contribution in [2.45, 2.75) is 39.3 Å². The van der Waals surface area contributed by atoms with E-state index in [0.717, 1.165) is 87.0 Å². The zero-order valence-electron chi connectivity index (χ0n) is 19.5. The highest BCUT2D eigenvalue weighted by Crippen LogP contribution is 2.32. The summed E-state index contributed by atoms with van der Waals surface area (Å²) in [5.74, 6) is 0.164. The molecular formula is C25H35ClN4O2. The van der Waals surface area contributed by atoms with Gasteiger partial charge in [0.25, 0.3) is 5.91 Å². The van der Waals surface area contributed by atoms with Crippen molar-refractivity contribution in [2.24, 2.45) is 0 Å². The second kappa shape index (κ2) is 10.3. The number of hydrogen-bond donors (Lipinski definition) is 0. The van der Waals surface area contributed by atoms with Crippen molar-refractivity contribution in [2.75, 3.05) is 57.8 Å². The molecule has 0 saturated carbocycles. The van der Waals surface area contributed by atoms with Gasteiger partial charge in [0.05, 0.1) is 17.4 Å². The SMILES string of the molecule is CCn1cc(C)c2c1C(OC)CCN(CCCN1CCN(c3ccc(Cl)cc3)CC1)C2=O. The van der Waals surface area contributed by atoms with Crippen LogP contribution in [0.2, 0.25) is 5.02 Å². The topological polar surface area (TPSA) is 41.0 Å². The first-order chi connectivity index (χ1) is 15.5. The molecule has 7 heteroatoms. The number of aryl methyl sites for hydroxylation is 2. The van der Waals surface area contributed by atoms with Gasteiger partial charge in [0.2, 0.25) is 0 Å². The molecule has 0 bridgehead atoms. The molecule has 0 radical (unpaired) electrons. The van der Waals surface area contributed by atoms with Crippen molar-refractivity contribution in [3.05, 3.63) is 52.3 Å². The maximum absolute atomic E-state index is 13.4. The first-order valence-corrected chi connectivity index (χ1v) is 12.1. The third-order valence-electron chi connectivity index (χ3n) is 6.87. The summed E-state index contributed by atoms with van der Waals surface area (Å²) in [6.45, 7) is 11.7. The van der Waals surface area contributed by atoms with E-state index in [1.807, 2.05) is 24.0 Å². The summed E-state index contributed by atoms with van der Waals surface area (Å²) in [5.41, 5.74) is 4.20. The number of carbonyl (C=O) groups excluding carboxylic acids is 1. The van der Waals surface area contributed by atoms with Crippen LogP contribution in [0.5, 0.6) is 0 Å². The average molecular weight is 459 g/mol. The van der Waals surface area contributed by atoms with Crippen LogP contribution in [-0.2, 0) is 11.3 Å². The molecule has 32 heavy (non-hydrogen) atoms. The van der Waals surface area contributed by atoms with E-state index in [1.165, 1.54) is 5.69 Å². The Hall–Kier alpha value is -2.02. The largest absolute Gasteiger partial charge is 0.375 e. The number of ether oxygens (including phenoxy) is 1. The van der Waals surface area contributed by atoms with Gasteiger partial charge < -0.3 is 19.1 Å².